The van der Waals surface area contributed by atoms with Crippen molar-refractivity contribution in [3.05, 3.63) is 42.2 Å². The fraction of sp³-hybridized carbons (Fsp3) is 0.188. The number of halogens is 3. The number of hydrogen-bond acceptors (Lipinski definition) is 5. The monoisotopic (exact) mass is 347 g/mol. The summed E-state index contributed by atoms with van der Waals surface area (Å²) in [6.45, 7) is 0. The third-order valence-electron chi connectivity index (χ3n) is 3.79. The fourth-order valence-electron chi connectivity index (χ4n) is 2.59. The number of aromatic nitrogens is 4. The Bertz CT molecular complexity index is 1040. The van der Waals surface area contributed by atoms with Crippen molar-refractivity contribution in [2.24, 2.45) is 0 Å². The van der Waals surface area contributed by atoms with E-state index in [1.807, 2.05) is 6.07 Å². The topological polar surface area (TPSA) is 79.6 Å². The smallest absolute Gasteiger partial charge is 0.356 e. The number of rotatable bonds is 4. The molecule has 128 valence electrons. The summed E-state index contributed by atoms with van der Waals surface area (Å²) in [5.74, 6) is 0.597. The van der Waals surface area contributed by atoms with E-state index in [2.05, 4.69) is 25.7 Å². The minimum atomic E-state index is -4.22. The van der Waals surface area contributed by atoms with Crippen molar-refractivity contribution >= 4 is 33.5 Å². The predicted molar refractivity (Wildman–Crippen MR) is 85.6 cm³/mol. The molecule has 0 amide bonds. The van der Waals surface area contributed by atoms with Gasteiger partial charge in [-0.05, 0) is 24.3 Å². The van der Waals surface area contributed by atoms with Gasteiger partial charge in [-0.3, -0.25) is 5.10 Å². The van der Waals surface area contributed by atoms with Crippen LogP contribution in [0.1, 0.15) is 12.1 Å². The zero-order chi connectivity index (χ0) is 17.4. The van der Waals surface area contributed by atoms with Crippen LogP contribution in [0.2, 0.25) is 0 Å². The molecule has 0 spiro atoms. The molecule has 0 bridgehead atoms. The molecular weight excluding hydrogens is 335 g/mol. The number of fused-ring (bicyclic) bond motifs is 2. The van der Waals surface area contributed by atoms with Crippen LogP contribution in [0.5, 0.6) is 0 Å². The van der Waals surface area contributed by atoms with Gasteiger partial charge in [-0.25, -0.2) is 4.98 Å². The van der Waals surface area contributed by atoms with Crippen molar-refractivity contribution < 1.29 is 17.7 Å². The van der Waals surface area contributed by atoms with Crippen LogP contribution in [0.4, 0.5) is 24.7 Å². The quantitative estimate of drug-likeness (QED) is 0.574. The van der Waals surface area contributed by atoms with Crippen LogP contribution in [0.25, 0.3) is 22.0 Å². The maximum absolute atomic E-state index is 12.4. The molecule has 0 atom stereocenters. The molecule has 0 saturated carbocycles. The summed E-state index contributed by atoms with van der Waals surface area (Å²) < 4.78 is 42.3. The van der Waals surface area contributed by atoms with E-state index in [0.29, 0.717) is 33.8 Å². The molecule has 0 aliphatic heterocycles. The van der Waals surface area contributed by atoms with Crippen molar-refractivity contribution in [1.29, 1.82) is 0 Å². The molecule has 3 heterocycles. The summed E-state index contributed by atoms with van der Waals surface area (Å²) in [6, 6.07) is 8.78. The summed E-state index contributed by atoms with van der Waals surface area (Å²) in [5.41, 5.74) is 2.05. The van der Waals surface area contributed by atoms with E-state index < -0.39 is 12.6 Å². The number of aromatic amines is 1. The normalized spacial score (nSPS) is 12.1. The molecule has 0 unspecified atom stereocenters. The van der Waals surface area contributed by atoms with E-state index in [-0.39, 0.29) is 6.42 Å². The van der Waals surface area contributed by atoms with Gasteiger partial charge in [0.1, 0.15) is 0 Å². The maximum Gasteiger partial charge on any atom is 0.389 e. The van der Waals surface area contributed by atoms with Crippen molar-refractivity contribution in [3.63, 3.8) is 0 Å². The number of nitrogens with zero attached hydrogens (tertiary/aromatic N) is 3. The average Bonchev–Trinajstić information content (AvgIpc) is 3.17. The van der Waals surface area contributed by atoms with Crippen LogP contribution in [-0.2, 0) is 6.42 Å². The number of anilines is 2. The molecule has 0 aliphatic rings. The molecule has 9 heteroatoms. The molecular formula is C16H12F3N5O. The van der Waals surface area contributed by atoms with Gasteiger partial charge in [0.05, 0.1) is 11.1 Å². The predicted octanol–water partition coefficient (Wildman–Crippen LogP) is 4.34. The third-order valence-corrected chi connectivity index (χ3v) is 3.79. The molecule has 4 rings (SSSR count). The molecule has 2 N–H and O–H groups in total. The van der Waals surface area contributed by atoms with E-state index >= 15 is 0 Å². The van der Waals surface area contributed by atoms with E-state index in [0.717, 1.165) is 5.39 Å². The zero-order valence-corrected chi connectivity index (χ0v) is 12.8. The Labute approximate surface area is 139 Å². The number of aryl methyl sites for hydroxylation is 1. The molecule has 25 heavy (non-hydrogen) atoms. The second-order valence-corrected chi connectivity index (χ2v) is 5.55. The first kappa shape index (κ1) is 15.4. The summed E-state index contributed by atoms with van der Waals surface area (Å²) in [7, 11) is 0. The Morgan fingerprint density at radius 2 is 2.04 bits per heavy atom. The molecule has 6 nitrogen and oxygen atoms in total. The Balaban J connectivity index is 1.59. The van der Waals surface area contributed by atoms with Crippen LogP contribution in [0.15, 0.2) is 41.1 Å². The van der Waals surface area contributed by atoms with Crippen LogP contribution < -0.4 is 5.32 Å². The van der Waals surface area contributed by atoms with Crippen molar-refractivity contribution in [2.75, 3.05) is 5.32 Å². The number of pyridine rings is 1. The molecule has 0 saturated heterocycles. The van der Waals surface area contributed by atoms with E-state index in [1.54, 1.807) is 30.5 Å². The number of alkyl halides is 3. The highest BCUT2D eigenvalue weighted by Crippen LogP contribution is 2.29. The van der Waals surface area contributed by atoms with Crippen LogP contribution in [-0.4, -0.2) is 26.5 Å². The van der Waals surface area contributed by atoms with Crippen LogP contribution >= 0.6 is 0 Å². The molecule has 4 aromatic rings. The lowest BCUT2D eigenvalue weighted by Gasteiger charge is -2.04. The first-order chi connectivity index (χ1) is 12.0. The lowest BCUT2D eigenvalue weighted by Crippen LogP contribution is -2.08. The number of hydrogen-bond donors (Lipinski definition) is 2. The van der Waals surface area contributed by atoms with Crippen molar-refractivity contribution in [3.8, 4) is 0 Å². The second-order valence-electron chi connectivity index (χ2n) is 5.55. The van der Waals surface area contributed by atoms with Gasteiger partial charge in [-0.15, -0.1) is 0 Å². The van der Waals surface area contributed by atoms with Gasteiger partial charge < -0.3 is 9.84 Å². The van der Waals surface area contributed by atoms with Crippen LogP contribution in [0, 0.1) is 0 Å². The summed E-state index contributed by atoms with van der Waals surface area (Å²) >= 11 is 0. The summed E-state index contributed by atoms with van der Waals surface area (Å²) in [6.07, 6.45) is -3.70. The van der Waals surface area contributed by atoms with Crippen molar-refractivity contribution in [1.82, 2.24) is 20.3 Å². The Hall–Kier alpha value is -3.10. The summed E-state index contributed by atoms with van der Waals surface area (Å²) in [4.78, 5) is 4.16. The molecule has 1 aromatic carbocycles. The Morgan fingerprint density at radius 3 is 2.88 bits per heavy atom. The van der Waals surface area contributed by atoms with Gasteiger partial charge in [0, 0.05) is 36.2 Å². The highest BCUT2D eigenvalue weighted by Gasteiger charge is 2.27. The lowest BCUT2D eigenvalue weighted by molar-refractivity contribution is -0.134. The minimum Gasteiger partial charge on any atom is -0.356 e. The Morgan fingerprint density at radius 1 is 1.16 bits per heavy atom. The minimum absolute atomic E-state index is 0.209. The number of nitrogens with one attached hydrogen (secondary N) is 2. The number of H-pyrrole nitrogens is 1. The fourth-order valence-corrected chi connectivity index (χ4v) is 2.59. The first-order valence-corrected chi connectivity index (χ1v) is 7.51. The second kappa shape index (κ2) is 5.76. The highest BCUT2D eigenvalue weighted by molar-refractivity contribution is 5.90. The largest absolute Gasteiger partial charge is 0.389 e. The van der Waals surface area contributed by atoms with Crippen molar-refractivity contribution in [2.45, 2.75) is 19.0 Å². The standard InChI is InChI=1S/C16H12F3N5O/c17-16(18,19)6-5-12-10-4-3-9(8-13(10)25-24-12)21-15-11-2-1-7-20-14(11)22-23-15/h1-4,7-8H,5-6H2,(H2,20,21,22,23). The molecule has 0 radical (unpaired) electrons. The average molecular weight is 347 g/mol. The zero-order valence-electron chi connectivity index (χ0n) is 12.8. The van der Waals surface area contributed by atoms with E-state index in [1.165, 1.54) is 0 Å². The number of benzene rings is 1. The molecule has 0 fully saturated rings. The third kappa shape index (κ3) is 3.12. The van der Waals surface area contributed by atoms with Gasteiger partial charge >= 0.3 is 6.18 Å². The summed E-state index contributed by atoms with van der Waals surface area (Å²) in [5, 5.41) is 15.3. The van der Waals surface area contributed by atoms with Gasteiger partial charge in [-0.2, -0.15) is 18.3 Å². The van der Waals surface area contributed by atoms with Gasteiger partial charge in [0.2, 0.25) is 0 Å². The van der Waals surface area contributed by atoms with Gasteiger partial charge in [0.15, 0.2) is 17.0 Å². The SMILES string of the molecule is FC(F)(F)CCc1noc2cc(Nc3n[nH]c4ncccc34)ccc12. The van der Waals surface area contributed by atoms with E-state index in [4.69, 9.17) is 4.52 Å². The molecule has 3 aromatic heterocycles. The molecule has 0 aliphatic carbocycles. The van der Waals surface area contributed by atoms with Gasteiger partial charge in [-0.1, -0.05) is 5.16 Å². The highest BCUT2D eigenvalue weighted by atomic mass is 19.4. The van der Waals surface area contributed by atoms with Gasteiger partial charge in [0.25, 0.3) is 0 Å². The Kier molecular flexibility index (Phi) is 3.56. The first-order valence-electron chi connectivity index (χ1n) is 7.51. The maximum atomic E-state index is 12.4. The lowest BCUT2D eigenvalue weighted by atomic mass is 10.1. The van der Waals surface area contributed by atoms with Crippen LogP contribution in [0.3, 0.4) is 0 Å². The van der Waals surface area contributed by atoms with E-state index in [9.17, 15) is 13.2 Å².